The molecule has 1 aliphatic rings. The predicted octanol–water partition coefficient (Wildman–Crippen LogP) is 7.86. The van der Waals surface area contributed by atoms with Crippen LogP contribution in [0.15, 0.2) is 73.8 Å². The van der Waals surface area contributed by atoms with Crippen LogP contribution in [0.3, 0.4) is 0 Å². The number of likely N-dealkylation sites (N-methyl/N-ethyl adjacent to an activating group) is 1. The number of aromatic amines is 2. The van der Waals surface area contributed by atoms with E-state index in [9.17, 15) is 0 Å². The van der Waals surface area contributed by atoms with Gasteiger partial charge < -0.3 is 30.4 Å². The number of halogens is 3. The number of anilines is 3. The molecule has 7 heterocycles. The number of imidazole rings is 2. The quantitative estimate of drug-likeness (QED) is 0.116. The Kier molecular flexibility index (Phi) is 9.99. The number of aromatic nitrogens is 10. The van der Waals surface area contributed by atoms with Gasteiger partial charge in [-0.3, -0.25) is 0 Å². The average Bonchev–Trinajstić information content (AvgIpc) is 3.86. The van der Waals surface area contributed by atoms with Gasteiger partial charge >= 0.3 is 0 Å². The van der Waals surface area contributed by atoms with Crippen molar-refractivity contribution in [2.75, 3.05) is 48.8 Å². The van der Waals surface area contributed by atoms with Crippen molar-refractivity contribution in [1.82, 2.24) is 54.7 Å². The highest BCUT2D eigenvalue weighted by atomic mass is 35.5. The largest absolute Gasteiger partial charge is 0.360 e. The first-order valence-electron chi connectivity index (χ1n) is 17.3. The van der Waals surface area contributed by atoms with Gasteiger partial charge in [-0.05, 0) is 55.9 Å². The molecule has 14 nitrogen and oxygen atoms in total. The first-order valence-corrected chi connectivity index (χ1v) is 18.5. The van der Waals surface area contributed by atoms with E-state index in [-0.39, 0.29) is 12.1 Å². The summed E-state index contributed by atoms with van der Waals surface area (Å²) in [6, 6.07) is 15.5. The van der Waals surface area contributed by atoms with E-state index in [0.29, 0.717) is 33.1 Å². The Morgan fingerprint density at radius 2 is 1.17 bits per heavy atom. The van der Waals surface area contributed by atoms with Crippen molar-refractivity contribution >= 4 is 96.1 Å². The Balaban J connectivity index is 0.000000157. The molecule has 2 aromatic carbocycles. The van der Waals surface area contributed by atoms with Gasteiger partial charge in [-0.2, -0.15) is 0 Å². The van der Waals surface area contributed by atoms with Crippen LogP contribution in [0.2, 0.25) is 15.2 Å². The summed E-state index contributed by atoms with van der Waals surface area (Å²) in [5.74, 6) is 2.32. The van der Waals surface area contributed by atoms with E-state index >= 15 is 0 Å². The van der Waals surface area contributed by atoms with E-state index in [2.05, 4.69) is 91.4 Å². The number of pyridine rings is 2. The molecule has 2 atom stereocenters. The number of hydrogen-bond donors (Lipinski definition) is 4. The maximum absolute atomic E-state index is 6.60. The van der Waals surface area contributed by atoms with Crippen LogP contribution in [0.5, 0.6) is 0 Å². The van der Waals surface area contributed by atoms with E-state index in [1.54, 1.807) is 18.7 Å². The minimum absolute atomic E-state index is 0.0685. The van der Waals surface area contributed by atoms with Gasteiger partial charge in [0, 0.05) is 37.0 Å². The van der Waals surface area contributed by atoms with Crippen LogP contribution in [-0.2, 0) is 0 Å². The topological polar surface area (TPSA) is 165 Å². The molecule has 0 amide bonds. The van der Waals surface area contributed by atoms with Gasteiger partial charge in [0.2, 0.25) is 0 Å². The summed E-state index contributed by atoms with van der Waals surface area (Å²) in [4.78, 5) is 45.6. The van der Waals surface area contributed by atoms with Gasteiger partial charge in [-0.1, -0.05) is 59.1 Å². The number of nitrogens with zero attached hydrogens (tertiary/aromatic N) is 10. The maximum Gasteiger partial charge on any atom is 0.182 e. The summed E-state index contributed by atoms with van der Waals surface area (Å²) >= 11 is 19.1. The van der Waals surface area contributed by atoms with Crippen molar-refractivity contribution in [2.45, 2.75) is 25.9 Å². The molecule has 8 aromatic rings. The van der Waals surface area contributed by atoms with Crippen molar-refractivity contribution in [3.63, 3.8) is 0 Å². The zero-order valence-corrected chi connectivity index (χ0v) is 31.8. The molecule has 1 aliphatic heterocycles. The predicted molar refractivity (Wildman–Crippen MR) is 216 cm³/mol. The molecule has 0 saturated carbocycles. The molecule has 0 aliphatic carbocycles. The maximum atomic E-state index is 6.60. The Bertz CT molecular complexity index is 2600. The fourth-order valence-electron chi connectivity index (χ4n) is 6.50. The summed E-state index contributed by atoms with van der Waals surface area (Å²) in [6.07, 6.45) is 6.19. The number of rotatable bonds is 7. The molecule has 0 bridgehead atoms. The van der Waals surface area contributed by atoms with Crippen LogP contribution in [0.1, 0.15) is 37.3 Å². The second kappa shape index (κ2) is 15.1. The molecule has 0 spiro atoms. The lowest BCUT2D eigenvalue weighted by atomic mass is 10.1. The van der Waals surface area contributed by atoms with Crippen molar-refractivity contribution in [3.8, 4) is 0 Å². The Hall–Kier alpha value is -5.41. The molecule has 1 fully saturated rings. The zero-order chi connectivity index (χ0) is 37.3. The normalized spacial score (nSPS) is 14.7. The van der Waals surface area contributed by atoms with Crippen LogP contribution in [0.4, 0.5) is 17.5 Å². The average molecular weight is 782 g/mol. The third-order valence-corrected chi connectivity index (χ3v) is 10.3. The first kappa shape index (κ1) is 35.6. The summed E-state index contributed by atoms with van der Waals surface area (Å²) < 4.78 is 0. The first-order chi connectivity index (χ1) is 26.2. The number of fused-ring (bicyclic) bond motifs is 4. The molecule has 4 N–H and O–H groups in total. The second-order valence-electron chi connectivity index (χ2n) is 13.1. The summed E-state index contributed by atoms with van der Waals surface area (Å²) in [5.41, 5.74) is 4.50. The number of hydrogen-bond acceptors (Lipinski definition) is 12. The van der Waals surface area contributed by atoms with Gasteiger partial charge in [-0.25, -0.2) is 39.9 Å². The molecule has 54 heavy (non-hydrogen) atoms. The lowest BCUT2D eigenvalue weighted by Gasteiger charge is -2.34. The van der Waals surface area contributed by atoms with Crippen molar-refractivity contribution in [3.05, 3.63) is 100 Å². The van der Waals surface area contributed by atoms with Crippen LogP contribution < -0.4 is 15.5 Å². The Labute approximate surface area is 324 Å². The molecular weight excluding hydrogens is 747 g/mol. The highest BCUT2D eigenvalue weighted by Crippen LogP contribution is 2.35. The number of piperazine rings is 1. The molecular formula is C37H35Cl3N14. The smallest absolute Gasteiger partial charge is 0.182 e. The summed E-state index contributed by atoms with van der Waals surface area (Å²) in [6.45, 7) is 7.93. The minimum Gasteiger partial charge on any atom is -0.360 e. The van der Waals surface area contributed by atoms with E-state index in [0.717, 1.165) is 81.0 Å². The van der Waals surface area contributed by atoms with Crippen molar-refractivity contribution < 1.29 is 0 Å². The van der Waals surface area contributed by atoms with Crippen molar-refractivity contribution in [1.29, 1.82) is 0 Å². The van der Waals surface area contributed by atoms with E-state index < -0.39 is 0 Å². The minimum atomic E-state index is -0.118. The molecule has 0 radical (unpaired) electrons. The van der Waals surface area contributed by atoms with Gasteiger partial charge in [0.05, 0.1) is 46.2 Å². The van der Waals surface area contributed by atoms with E-state index in [4.69, 9.17) is 39.8 Å². The fourth-order valence-corrected chi connectivity index (χ4v) is 7.40. The standard InChI is InChI=1S/C21H23ClN8.C16H12Cl2N6/c1-13(27-20-18-19(24-11-23-18)25-12-26-20)16-10-14-4-3-5-15(22)17(14)21(28-16)30-8-6-29(2)7-9-30;1-8(23-16-13-15(20-6-19-13)21-7-22-16)11-5-9-3-2-4-10(17)12(9)14(18)24-11/h3-5,10-13H,6-9H2,1-2H3,(H2,23,24,25,26,27);2-8H,1H3,(H2,19,20,21,22,23)/t13-;8-/m00/s1. The molecule has 274 valence electrons. The van der Waals surface area contributed by atoms with E-state index in [1.165, 1.54) is 12.7 Å². The van der Waals surface area contributed by atoms with Crippen LogP contribution in [0.25, 0.3) is 43.9 Å². The molecule has 6 aromatic heterocycles. The second-order valence-corrected chi connectivity index (χ2v) is 14.2. The van der Waals surface area contributed by atoms with Gasteiger partial charge in [-0.15, -0.1) is 0 Å². The number of H-pyrrole nitrogens is 2. The zero-order valence-electron chi connectivity index (χ0n) is 29.5. The monoisotopic (exact) mass is 780 g/mol. The summed E-state index contributed by atoms with van der Waals surface area (Å²) in [7, 11) is 2.15. The fraction of sp³-hybridized carbons (Fsp3) is 0.243. The highest BCUT2D eigenvalue weighted by Gasteiger charge is 2.22. The molecule has 9 rings (SSSR count). The van der Waals surface area contributed by atoms with Crippen molar-refractivity contribution in [2.24, 2.45) is 0 Å². The molecule has 1 saturated heterocycles. The van der Waals surface area contributed by atoms with Gasteiger partial charge in [0.15, 0.2) is 22.9 Å². The number of benzene rings is 2. The van der Waals surface area contributed by atoms with Crippen LogP contribution in [-0.4, -0.2) is 88.0 Å². The Morgan fingerprint density at radius 3 is 1.74 bits per heavy atom. The lowest BCUT2D eigenvalue weighted by molar-refractivity contribution is 0.312. The van der Waals surface area contributed by atoms with Crippen LogP contribution in [0, 0.1) is 0 Å². The highest BCUT2D eigenvalue weighted by molar-refractivity contribution is 6.41. The molecule has 17 heteroatoms. The lowest BCUT2D eigenvalue weighted by Crippen LogP contribution is -2.45. The van der Waals surface area contributed by atoms with Gasteiger partial charge in [0.1, 0.15) is 34.7 Å². The SMILES string of the molecule is C[C@H](Nc1ncnc2nc[nH]c12)c1cc2cccc(Cl)c2c(Cl)n1.C[C@H](Nc1ncnc2nc[nH]c12)c1cc2cccc(Cl)c2c(N2CCN(C)CC2)n1. The number of nitrogens with one attached hydrogen (secondary N) is 4. The van der Waals surface area contributed by atoms with E-state index in [1.807, 2.05) is 37.3 Å². The van der Waals surface area contributed by atoms with Gasteiger partial charge in [0.25, 0.3) is 0 Å². The third kappa shape index (κ3) is 7.12. The Morgan fingerprint density at radius 1 is 0.648 bits per heavy atom. The third-order valence-electron chi connectivity index (χ3n) is 9.43. The molecule has 0 unspecified atom stereocenters. The summed E-state index contributed by atoms with van der Waals surface area (Å²) in [5, 5.41) is 12.3. The van der Waals surface area contributed by atoms with Crippen LogP contribution >= 0.6 is 34.8 Å².